The lowest BCUT2D eigenvalue weighted by atomic mass is 10.2. The fraction of sp³-hybridized carbons (Fsp3) is 0.364. The minimum absolute atomic E-state index is 0.0858. The van der Waals surface area contributed by atoms with E-state index in [0.29, 0.717) is 16.9 Å². The molecule has 0 bridgehead atoms. The predicted octanol–water partition coefficient (Wildman–Crippen LogP) is 2.74. The SMILES string of the molecule is CC(CCO)Sc1ccc(C(=N)N)c(Br)c1F. The molecule has 1 aromatic carbocycles. The fourth-order valence-corrected chi connectivity index (χ4v) is 2.99. The normalized spacial score (nSPS) is 12.5. The number of hydrogen-bond acceptors (Lipinski definition) is 3. The van der Waals surface area contributed by atoms with Crippen molar-refractivity contribution in [1.29, 1.82) is 5.41 Å². The topological polar surface area (TPSA) is 70.1 Å². The molecule has 1 unspecified atom stereocenters. The maximum Gasteiger partial charge on any atom is 0.151 e. The zero-order valence-electron chi connectivity index (χ0n) is 9.34. The summed E-state index contributed by atoms with van der Waals surface area (Å²) in [5.41, 5.74) is 5.68. The summed E-state index contributed by atoms with van der Waals surface area (Å²) in [5.74, 6) is -0.580. The summed E-state index contributed by atoms with van der Waals surface area (Å²) >= 11 is 4.46. The third-order valence-corrected chi connectivity index (χ3v) is 4.18. The first-order chi connectivity index (χ1) is 7.97. The Morgan fingerprint density at radius 1 is 1.65 bits per heavy atom. The van der Waals surface area contributed by atoms with Gasteiger partial charge in [0.2, 0.25) is 0 Å². The molecular formula is C11H14BrFN2OS. The zero-order chi connectivity index (χ0) is 13.0. The molecule has 0 aliphatic carbocycles. The van der Waals surface area contributed by atoms with E-state index >= 15 is 0 Å². The third kappa shape index (κ3) is 3.69. The molecular weight excluding hydrogens is 307 g/mol. The molecule has 0 aliphatic rings. The Morgan fingerprint density at radius 3 is 2.82 bits per heavy atom. The van der Waals surface area contributed by atoms with Crippen molar-refractivity contribution >= 4 is 33.5 Å². The van der Waals surface area contributed by atoms with Crippen molar-refractivity contribution in [2.75, 3.05) is 6.61 Å². The highest BCUT2D eigenvalue weighted by molar-refractivity contribution is 9.10. The minimum atomic E-state index is -0.410. The van der Waals surface area contributed by atoms with Crippen LogP contribution in [0.15, 0.2) is 21.5 Å². The quantitative estimate of drug-likeness (QED) is 0.444. The van der Waals surface area contributed by atoms with E-state index in [2.05, 4.69) is 15.9 Å². The number of aliphatic hydroxyl groups excluding tert-OH is 1. The molecule has 3 nitrogen and oxygen atoms in total. The summed E-state index contributed by atoms with van der Waals surface area (Å²) in [6.07, 6.45) is 0.607. The molecule has 0 aliphatic heterocycles. The number of amidine groups is 1. The average molecular weight is 321 g/mol. The van der Waals surface area contributed by atoms with Crippen LogP contribution in [0.5, 0.6) is 0 Å². The van der Waals surface area contributed by atoms with E-state index in [9.17, 15) is 4.39 Å². The van der Waals surface area contributed by atoms with Crippen molar-refractivity contribution in [2.45, 2.75) is 23.5 Å². The van der Waals surface area contributed by atoms with Crippen LogP contribution in [0.3, 0.4) is 0 Å². The lowest BCUT2D eigenvalue weighted by Crippen LogP contribution is -2.12. The number of nitrogens with one attached hydrogen (secondary N) is 1. The number of halogens is 2. The number of rotatable bonds is 5. The highest BCUT2D eigenvalue weighted by Crippen LogP contribution is 2.33. The number of nitrogen functional groups attached to an aromatic ring is 1. The fourth-order valence-electron chi connectivity index (χ4n) is 1.29. The van der Waals surface area contributed by atoms with E-state index in [1.165, 1.54) is 11.8 Å². The van der Waals surface area contributed by atoms with Gasteiger partial charge in [-0.05, 0) is 34.5 Å². The van der Waals surface area contributed by atoms with E-state index in [1.807, 2.05) is 6.92 Å². The number of benzene rings is 1. The maximum atomic E-state index is 13.9. The summed E-state index contributed by atoms with van der Waals surface area (Å²) in [5, 5.41) is 16.2. The standard InChI is InChI=1S/C11H14BrFN2OS/c1-6(4-5-16)17-8-3-2-7(11(14)15)9(12)10(8)13/h2-3,6,16H,4-5H2,1H3,(H3,14,15). The third-order valence-electron chi connectivity index (χ3n) is 2.20. The van der Waals surface area contributed by atoms with Crippen LogP contribution in [0.2, 0.25) is 0 Å². The number of hydrogen-bond donors (Lipinski definition) is 3. The Kier molecular flexibility index (Phi) is 5.42. The van der Waals surface area contributed by atoms with Crippen molar-refractivity contribution in [3.8, 4) is 0 Å². The summed E-state index contributed by atoms with van der Waals surface area (Å²) < 4.78 is 14.2. The van der Waals surface area contributed by atoms with Crippen molar-refractivity contribution in [3.63, 3.8) is 0 Å². The van der Waals surface area contributed by atoms with E-state index in [0.717, 1.165) is 0 Å². The van der Waals surface area contributed by atoms with Gasteiger partial charge < -0.3 is 10.8 Å². The van der Waals surface area contributed by atoms with Gasteiger partial charge in [-0.3, -0.25) is 5.41 Å². The largest absolute Gasteiger partial charge is 0.396 e. The Morgan fingerprint density at radius 2 is 2.29 bits per heavy atom. The van der Waals surface area contributed by atoms with Crippen LogP contribution >= 0.6 is 27.7 Å². The molecule has 17 heavy (non-hydrogen) atoms. The lowest BCUT2D eigenvalue weighted by molar-refractivity contribution is 0.289. The Balaban J connectivity index is 2.96. The molecule has 0 spiro atoms. The molecule has 0 saturated heterocycles. The first-order valence-electron chi connectivity index (χ1n) is 5.07. The van der Waals surface area contributed by atoms with Gasteiger partial charge in [-0.1, -0.05) is 6.92 Å². The van der Waals surface area contributed by atoms with Crippen molar-refractivity contribution in [1.82, 2.24) is 0 Å². The predicted molar refractivity (Wildman–Crippen MR) is 72.1 cm³/mol. The summed E-state index contributed by atoms with van der Waals surface area (Å²) in [4.78, 5) is 0.489. The van der Waals surface area contributed by atoms with Gasteiger partial charge in [0.1, 0.15) is 5.84 Å². The van der Waals surface area contributed by atoms with Crippen molar-refractivity contribution in [3.05, 3.63) is 28.0 Å². The Hall–Kier alpha value is -0.590. The molecule has 1 aromatic rings. The maximum absolute atomic E-state index is 13.9. The Bertz CT molecular complexity index is 428. The smallest absolute Gasteiger partial charge is 0.151 e. The van der Waals surface area contributed by atoms with Crippen LogP contribution in [0, 0.1) is 11.2 Å². The lowest BCUT2D eigenvalue weighted by Gasteiger charge is -2.12. The molecule has 1 atom stereocenters. The highest BCUT2D eigenvalue weighted by atomic mass is 79.9. The van der Waals surface area contributed by atoms with Crippen LogP contribution in [0.1, 0.15) is 18.9 Å². The van der Waals surface area contributed by atoms with Crippen molar-refractivity contribution < 1.29 is 9.50 Å². The van der Waals surface area contributed by atoms with Gasteiger partial charge in [0.25, 0.3) is 0 Å². The van der Waals surface area contributed by atoms with Crippen LogP contribution in [-0.4, -0.2) is 22.8 Å². The molecule has 0 amide bonds. The second-order valence-corrected chi connectivity index (χ2v) is 5.87. The number of thioether (sulfide) groups is 1. The number of nitrogens with two attached hydrogens (primary N) is 1. The minimum Gasteiger partial charge on any atom is -0.396 e. The van der Waals surface area contributed by atoms with Gasteiger partial charge >= 0.3 is 0 Å². The van der Waals surface area contributed by atoms with Crippen LogP contribution in [0.25, 0.3) is 0 Å². The van der Waals surface area contributed by atoms with Crippen LogP contribution in [-0.2, 0) is 0 Å². The molecule has 0 heterocycles. The van der Waals surface area contributed by atoms with Gasteiger partial charge in [-0.2, -0.15) is 0 Å². The van der Waals surface area contributed by atoms with E-state index in [-0.39, 0.29) is 22.2 Å². The first kappa shape index (κ1) is 14.5. The van der Waals surface area contributed by atoms with Gasteiger partial charge in [0, 0.05) is 22.3 Å². The van der Waals surface area contributed by atoms with Gasteiger partial charge in [0.15, 0.2) is 5.82 Å². The zero-order valence-corrected chi connectivity index (χ0v) is 11.7. The molecule has 0 saturated carbocycles. The Labute approximate surface area is 112 Å². The average Bonchev–Trinajstić information content (AvgIpc) is 2.25. The van der Waals surface area contributed by atoms with E-state index in [1.54, 1.807) is 12.1 Å². The second kappa shape index (κ2) is 6.37. The first-order valence-corrected chi connectivity index (χ1v) is 6.74. The van der Waals surface area contributed by atoms with Gasteiger partial charge in [-0.15, -0.1) is 11.8 Å². The summed E-state index contributed by atoms with van der Waals surface area (Å²) in [6, 6.07) is 3.22. The summed E-state index contributed by atoms with van der Waals surface area (Å²) in [7, 11) is 0. The molecule has 1 rings (SSSR count). The highest BCUT2D eigenvalue weighted by Gasteiger charge is 2.15. The van der Waals surface area contributed by atoms with Crippen molar-refractivity contribution in [2.24, 2.45) is 5.73 Å². The second-order valence-electron chi connectivity index (χ2n) is 3.59. The molecule has 0 aromatic heterocycles. The monoisotopic (exact) mass is 320 g/mol. The summed E-state index contributed by atoms with van der Waals surface area (Å²) in [6.45, 7) is 2.01. The molecule has 4 N–H and O–H groups in total. The van der Waals surface area contributed by atoms with Gasteiger partial charge in [0.05, 0.1) is 4.47 Å². The molecule has 0 radical (unpaired) electrons. The molecule has 94 valence electrons. The van der Waals surface area contributed by atoms with Crippen LogP contribution in [0.4, 0.5) is 4.39 Å². The molecule has 0 fully saturated rings. The number of aliphatic hydroxyl groups is 1. The van der Waals surface area contributed by atoms with E-state index in [4.69, 9.17) is 16.2 Å². The van der Waals surface area contributed by atoms with Gasteiger partial charge in [-0.25, -0.2) is 4.39 Å². The van der Waals surface area contributed by atoms with Crippen LogP contribution < -0.4 is 5.73 Å². The molecule has 6 heteroatoms. The van der Waals surface area contributed by atoms with E-state index < -0.39 is 5.82 Å².